The molecule has 1 saturated heterocycles. The first-order chi connectivity index (χ1) is 6.90. The third kappa shape index (κ3) is 2.33. The first-order valence-corrected chi connectivity index (χ1v) is 4.69. The largest absolute Gasteiger partial charge is 0.471 e. The van der Waals surface area contributed by atoms with E-state index in [1.807, 2.05) is 31.2 Å². The summed E-state index contributed by atoms with van der Waals surface area (Å²) in [7, 11) is 0. The molecule has 3 nitrogen and oxygen atoms in total. The number of hydrogen-bond donors (Lipinski definition) is 0. The van der Waals surface area contributed by atoms with Crippen molar-refractivity contribution in [2.45, 2.75) is 13.0 Å². The van der Waals surface area contributed by atoms with Crippen molar-refractivity contribution in [3.63, 3.8) is 0 Å². The lowest BCUT2D eigenvalue weighted by Crippen LogP contribution is -1.93. The van der Waals surface area contributed by atoms with E-state index in [0.29, 0.717) is 12.8 Å². The number of nitrogens with zero attached hydrogens (tertiary/aromatic N) is 1. The van der Waals surface area contributed by atoms with E-state index in [1.54, 1.807) is 6.21 Å². The van der Waals surface area contributed by atoms with Crippen LogP contribution in [-0.2, 0) is 4.74 Å². The van der Waals surface area contributed by atoms with Gasteiger partial charge in [0.15, 0.2) is 6.73 Å². The Kier molecular flexibility index (Phi) is 2.79. The average molecular weight is 191 g/mol. The van der Waals surface area contributed by atoms with Crippen LogP contribution in [0.4, 0.5) is 0 Å². The Bertz CT molecular complexity index is 315. The van der Waals surface area contributed by atoms with Crippen molar-refractivity contribution in [1.82, 2.24) is 0 Å². The minimum atomic E-state index is 0.317. The quantitative estimate of drug-likeness (QED) is 0.540. The lowest BCUT2D eigenvalue weighted by Gasteiger charge is -2.02. The van der Waals surface area contributed by atoms with Crippen molar-refractivity contribution >= 4 is 6.21 Å². The van der Waals surface area contributed by atoms with Gasteiger partial charge in [0, 0.05) is 0 Å². The van der Waals surface area contributed by atoms with Crippen molar-refractivity contribution in [2.75, 3.05) is 13.3 Å². The fraction of sp³-hybridized carbons (Fsp3) is 0.364. The van der Waals surface area contributed by atoms with Gasteiger partial charge >= 0.3 is 0 Å². The summed E-state index contributed by atoms with van der Waals surface area (Å²) in [5.41, 5.74) is 1.22. The van der Waals surface area contributed by atoms with Gasteiger partial charge in [0.2, 0.25) is 0 Å². The van der Waals surface area contributed by atoms with Gasteiger partial charge in [0.1, 0.15) is 11.9 Å². The van der Waals surface area contributed by atoms with E-state index < -0.39 is 0 Å². The van der Waals surface area contributed by atoms with Crippen LogP contribution < -0.4 is 4.74 Å². The molecule has 0 amide bonds. The molecule has 1 aliphatic heterocycles. The predicted molar refractivity (Wildman–Crippen MR) is 54.8 cm³/mol. The molecule has 14 heavy (non-hydrogen) atoms. The molecule has 1 aromatic rings. The maximum atomic E-state index is 5.36. The van der Waals surface area contributed by atoms with Crippen molar-refractivity contribution in [1.29, 1.82) is 0 Å². The van der Waals surface area contributed by atoms with Gasteiger partial charge in [-0.25, -0.2) is 0 Å². The molecule has 1 aliphatic rings. The molecule has 0 bridgehead atoms. The minimum Gasteiger partial charge on any atom is -0.471 e. The van der Waals surface area contributed by atoms with Crippen LogP contribution in [0.15, 0.2) is 29.3 Å². The number of epoxide rings is 1. The maximum Gasteiger partial charge on any atom is 0.178 e. The highest BCUT2D eigenvalue weighted by Gasteiger charge is 2.24. The van der Waals surface area contributed by atoms with Crippen LogP contribution in [0.2, 0.25) is 0 Å². The van der Waals surface area contributed by atoms with Crippen molar-refractivity contribution in [3.8, 4) is 5.75 Å². The van der Waals surface area contributed by atoms with Crippen LogP contribution in [0.25, 0.3) is 0 Å². The zero-order valence-electron chi connectivity index (χ0n) is 8.14. The van der Waals surface area contributed by atoms with Gasteiger partial charge in [-0.1, -0.05) is 12.1 Å². The molecule has 0 radical (unpaired) electrons. The van der Waals surface area contributed by atoms with E-state index in [9.17, 15) is 0 Å². The zero-order chi connectivity index (χ0) is 9.80. The van der Waals surface area contributed by atoms with Crippen LogP contribution in [0, 0.1) is 0 Å². The van der Waals surface area contributed by atoms with Gasteiger partial charge in [-0.05, 0) is 30.8 Å². The molecule has 0 N–H and O–H groups in total. The van der Waals surface area contributed by atoms with E-state index in [-0.39, 0.29) is 0 Å². The highest BCUT2D eigenvalue weighted by atomic mass is 16.6. The molecule has 2 rings (SSSR count). The molecule has 1 unspecified atom stereocenters. The van der Waals surface area contributed by atoms with Crippen molar-refractivity contribution in [2.24, 2.45) is 4.99 Å². The van der Waals surface area contributed by atoms with Crippen molar-refractivity contribution in [3.05, 3.63) is 29.8 Å². The molecule has 74 valence electrons. The van der Waals surface area contributed by atoms with Crippen LogP contribution >= 0.6 is 0 Å². The van der Waals surface area contributed by atoms with Crippen LogP contribution in [-0.4, -0.2) is 19.6 Å². The third-order valence-corrected chi connectivity index (χ3v) is 2.07. The second-order valence-electron chi connectivity index (χ2n) is 3.11. The summed E-state index contributed by atoms with van der Waals surface area (Å²) >= 11 is 0. The molecule has 0 aliphatic carbocycles. The first-order valence-electron chi connectivity index (χ1n) is 4.69. The number of hydrogen-bond acceptors (Lipinski definition) is 3. The summed E-state index contributed by atoms with van der Waals surface area (Å²) in [6, 6.07) is 7.95. The summed E-state index contributed by atoms with van der Waals surface area (Å²) in [5.74, 6) is 0.847. The molecular formula is C11H13NO2. The number of aliphatic imine (C=N–C) groups is 1. The molecule has 3 heteroatoms. The fourth-order valence-corrected chi connectivity index (χ4v) is 1.21. The molecule has 1 fully saturated rings. The first kappa shape index (κ1) is 9.21. The Morgan fingerprint density at radius 2 is 2.21 bits per heavy atom. The summed E-state index contributed by atoms with van der Waals surface area (Å²) in [6.07, 6.45) is 2.05. The van der Waals surface area contributed by atoms with Gasteiger partial charge in [-0.3, -0.25) is 4.99 Å². The van der Waals surface area contributed by atoms with Crippen LogP contribution in [0.5, 0.6) is 5.75 Å². The van der Waals surface area contributed by atoms with E-state index in [2.05, 4.69) is 4.99 Å². The van der Waals surface area contributed by atoms with Crippen LogP contribution in [0.1, 0.15) is 18.6 Å². The number of benzene rings is 1. The summed E-state index contributed by atoms with van der Waals surface area (Å²) < 4.78 is 10.5. The van der Waals surface area contributed by atoms with Gasteiger partial charge < -0.3 is 9.47 Å². The Morgan fingerprint density at radius 1 is 1.50 bits per heavy atom. The average Bonchev–Trinajstić information content (AvgIpc) is 3.03. The fourth-order valence-electron chi connectivity index (χ4n) is 1.21. The van der Waals surface area contributed by atoms with E-state index >= 15 is 0 Å². The third-order valence-electron chi connectivity index (χ3n) is 2.07. The minimum absolute atomic E-state index is 0.317. The van der Waals surface area contributed by atoms with Gasteiger partial charge in [-0.15, -0.1) is 0 Å². The highest BCUT2D eigenvalue weighted by molar-refractivity contribution is 5.52. The summed E-state index contributed by atoms with van der Waals surface area (Å²) in [4.78, 5) is 3.97. The normalized spacial score (nSPS) is 19.9. The molecule has 0 saturated carbocycles. The number of ether oxygens (including phenoxy) is 2. The molecular weight excluding hydrogens is 178 g/mol. The van der Waals surface area contributed by atoms with Gasteiger partial charge in [0.25, 0.3) is 0 Å². The van der Waals surface area contributed by atoms with Gasteiger partial charge in [-0.2, -0.15) is 0 Å². The lowest BCUT2D eigenvalue weighted by atomic mass is 10.2. The molecule has 1 aromatic carbocycles. The van der Waals surface area contributed by atoms with E-state index in [0.717, 1.165) is 12.4 Å². The Morgan fingerprint density at radius 3 is 2.79 bits per heavy atom. The highest BCUT2D eigenvalue weighted by Crippen LogP contribution is 2.30. The zero-order valence-corrected chi connectivity index (χ0v) is 8.14. The summed E-state index contributed by atoms with van der Waals surface area (Å²) in [6.45, 7) is 3.10. The monoisotopic (exact) mass is 191 g/mol. The van der Waals surface area contributed by atoms with Crippen LogP contribution in [0.3, 0.4) is 0 Å². The Balaban J connectivity index is 1.92. The second-order valence-corrected chi connectivity index (χ2v) is 3.11. The molecule has 0 aromatic heterocycles. The molecule has 1 heterocycles. The Labute approximate surface area is 83.4 Å². The van der Waals surface area contributed by atoms with Crippen molar-refractivity contribution < 1.29 is 9.47 Å². The number of rotatable bonds is 4. The second kappa shape index (κ2) is 4.24. The standard InChI is InChI=1S/C11H13NO2/c1-2-12-8-14-10-5-3-9(4-6-10)11-7-13-11/h2-6,11H,7-8H2,1H3. The topological polar surface area (TPSA) is 34.1 Å². The van der Waals surface area contributed by atoms with E-state index in [1.165, 1.54) is 5.56 Å². The lowest BCUT2D eigenvalue weighted by molar-refractivity contribution is 0.331. The molecule has 0 spiro atoms. The molecule has 1 atom stereocenters. The van der Waals surface area contributed by atoms with E-state index in [4.69, 9.17) is 9.47 Å². The smallest absolute Gasteiger partial charge is 0.178 e. The maximum absolute atomic E-state index is 5.36. The SMILES string of the molecule is CC=NCOc1ccc(C2CO2)cc1. The summed E-state index contributed by atoms with van der Waals surface area (Å²) in [5, 5.41) is 0. The Hall–Kier alpha value is -1.35. The van der Waals surface area contributed by atoms with Gasteiger partial charge in [0.05, 0.1) is 6.61 Å². The predicted octanol–water partition coefficient (Wildman–Crippen LogP) is 2.18.